The van der Waals surface area contributed by atoms with E-state index in [4.69, 9.17) is 10.5 Å². The molecule has 0 spiro atoms. The van der Waals surface area contributed by atoms with Gasteiger partial charge in [-0.1, -0.05) is 24.8 Å². The first-order valence-electron chi connectivity index (χ1n) is 11.2. The van der Waals surface area contributed by atoms with Crippen LogP contribution >= 0.6 is 23.1 Å². The minimum absolute atomic E-state index is 0.140. The third kappa shape index (κ3) is 5.44. The summed E-state index contributed by atoms with van der Waals surface area (Å²) in [5, 5.41) is 12.5. The normalized spacial score (nSPS) is 15.1. The Morgan fingerprint density at radius 1 is 1.26 bits per heavy atom. The maximum absolute atomic E-state index is 12.7. The van der Waals surface area contributed by atoms with Gasteiger partial charge in [0.05, 0.1) is 11.3 Å². The summed E-state index contributed by atoms with van der Waals surface area (Å²) in [5.41, 5.74) is 9.38. The number of hydrogen-bond donors (Lipinski definition) is 2. The number of thioether (sulfide) groups is 1. The Kier molecular flexibility index (Phi) is 7.27. The van der Waals surface area contributed by atoms with E-state index in [1.807, 2.05) is 37.6 Å². The standard InChI is InChI=1S/C24H29N5O3S2/c1-13-5-6-17-18(10-13)34-23(21(17)22(25)31)26-20(30)12-33-24-28-27-19(29(24)4)11-32-16-8-14(2)7-15(3)9-16/h7-9,13H,5-6,10-12H2,1-4H3,(H2,25,31)(H,26,30). The number of rotatable bonds is 8. The number of hydrogen-bond acceptors (Lipinski definition) is 7. The lowest BCUT2D eigenvalue weighted by Gasteiger charge is -2.18. The molecule has 0 fully saturated rings. The fraction of sp³-hybridized carbons (Fsp3) is 0.417. The second-order valence-electron chi connectivity index (χ2n) is 8.83. The predicted octanol–water partition coefficient (Wildman–Crippen LogP) is 4.03. The monoisotopic (exact) mass is 499 g/mol. The molecule has 1 aliphatic carbocycles. The molecule has 1 aromatic carbocycles. The topological polar surface area (TPSA) is 112 Å². The molecule has 0 saturated carbocycles. The van der Waals surface area contributed by atoms with Crippen molar-refractivity contribution >= 4 is 39.9 Å². The number of carbonyl (C=O) groups excluding carboxylic acids is 2. The van der Waals surface area contributed by atoms with Crippen molar-refractivity contribution < 1.29 is 14.3 Å². The van der Waals surface area contributed by atoms with Gasteiger partial charge in [0.25, 0.3) is 5.91 Å². The smallest absolute Gasteiger partial charge is 0.251 e. The van der Waals surface area contributed by atoms with Crippen LogP contribution in [0.5, 0.6) is 5.75 Å². The van der Waals surface area contributed by atoms with Crippen LogP contribution in [-0.4, -0.2) is 32.3 Å². The van der Waals surface area contributed by atoms with Crippen LogP contribution in [0.15, 0.2) is 23.4 Å². The Balaban J connectivity index is 1.37. The molecule has 0 saturated heterocycles. The number of nitrogens with two attached hydrogens (primary N) is 1. The lowest BCUT2D eigenvalue weighted by atomic mass is 9.88. The van der Waals surface area contributed by atoms with Gasteiger partial charge in [-0.3, -0.25) is 9.59 Å². The molecule has 3 N–H and O–H groups in total. The molecule has 1 aliphatic rings. The molecule has 8 nitrogen and oxygen atoms in total. The lowest BCUT2D eigenvalue weighted by molar-refractivity contribution is -0.113. The molecular formula is C24H29N5O3S2. The summed E-state index contributed by atoms with van der Waals surface area (Å²) < 4.78 is 7.70. The van der Waals surface area contributed by atoms with E-state index in [-0.39, 0.29) is 18.3 Å². The van der Waals surface area contributed by atoms with Crippen molar-refractivity contribution in [2.75, 3.05) is 11.1 Å². The van der Waals surface area contributed by atoms with Gasteiger partial charge >= 0.3 is 0 Å². The zero-order valence-corrected chi connectivity index (χ0v) is 21.4. The van der Waals surface area contributed by atoms with Crippen LogP contribution in [0.1, 0.15) is 51.1 Å². The number of primary amides is 1. The fourth-order valence-electron chi connectivity index (χ4n) is 4.15. The first-order chi connectivity index (χ1) is 16.2. The minimum atomic E-state index is -0.489. The number of nitrogens with one attached hydrogen (secondary N) is 1. The van der Waals surface area contributed by atoms with Crippen molar-refractivity contribution in [3.05, 3.63) is 51.2 Å². The third-order valence-electron chi connectivity index (χ3n) is 5.83. The summed E-state index contributed by atoms with van der Waals surface area (Å²) in [6.45, 7) is 6.53. The molecule has 4 rings (SSSR count). The Morgan fingerprint density at radius 2 is 2.00 bits per heavy atom. The highest BCUT2D eigenvalue weighted by Crippen LogP contribution is 2.39. The predicted molar refractivity (Wildman–Crippen MR) is 135 cm³/mol. The van der Waals surface area contributed by atoms with Gasteiger partial charge in [0.15, 0.2) is 11.0 Å². The molecule has 1 atom stereocenters. The van der Waals surface area contributed by atoms with Crippen LogP contribution in [-0.2, 0) is 31.3 Å². The van der Waals surface area contributed by atoms with Gasteiger partial charge in [0.1, 0.15) is 17.4 Å². The molecule has 1 unspecified atom stereocenters. The van der Waals surface area contributed by atoms with E-state index in [9.17, 15) is 9.59 Å². The van der Waals surface area contributed by atoms with E-state index >= 15 is 0 Å². The molecule has 34 heavy (non-hydrogen) atoms. The van der Waals surface area contributed by atoms with E-state index in [2.05, 4.69) is 28.5 Å². The first-order valence-corrected chi connectivity index (χ1v) is 13.0. The maximum atomic E-state index is 12.7. The largest absolute Gasteiger partial charge is 0.486 e. The van der Waals surface area contributed by atoms with E-state index < -0.39 is 5.91 Å². The fourth-order valence-corrected chi connectivity index (χ4v) is 6.32. The summed E-state index contributed by atoms with van der Waals surface area (Å²) in [7, 11) is 1.85. The minimum Gasteiger partial charge on any atom is -0.486 e. The zero-order chi connectivity index (χ0) is 24.4. The van der Waals surface area contributed by atoms with E-state index in [0.717, 1.165) is 46.6 Å². The van der Waals surface area contributed by atoms with Gasteiger partial charge in [0, 0.05) is 11.9 Å². The van der Waals surface area contributed by atoms with Crippen molar-refractivity contribution in [3.63, 3.8) is 0 Å². The van der Waals surface area contributed by atoms with E-state index in [0.29, 0.717) is 27.5 Å². The van der Waals surface area contributed by atoms with Crippen LogP contribution in [0.2, 0.25) is 0 Å². The van der Waals surface area contributed by atoms with E-state index in [1.165, 1.54) is 23.1 Å². The van der Waals surface area contributed by atoms with Crippen LogP contribution in [0.3, 0.4) is 0 Å². The number of carbonyl (C=O) groups is 2. The van der Waals surface area contributed by atoms with Crippen LogP contribution in [0, 0.1) is 19.8 Å². The number of aryl methyl sites for hydroxylation is 2. The number of thiophene rings is 1. The number of nitrogens with zero attached hydrogens (tertiary/aromatic N) is 3. The highest BCUT2D eigenvalue weighted by Gasteiger charge is 2.27. The number of amides is 2. The summed E-state index contributed by atoms with van der Waals surface area (Å²) in [4.78, 5) is 25.9. The van der Waals surface area contributed by atoms with Crippen molar-refractivity contribution in [1.82, 2.24) is 14.8 Å². The molecule has 180 valence electrons. The number of fused-ring (bicyclic) bond motifs is 1. The van der Waals surface area contributed by atoms with Gasteiger partial charge in [-0.15, -0.1) is 21.5 Å². The average Bonchev–Trinajstić information content (AvgIpc) is 3.29. The Labute approximate surface area is 207 Å². The molecule has 0 aliphatic heterocycles. The second kappa shape index (κ2) is 10.2. The highest BCUT2D eigenvalue weighted by atomic mass is 32.2. The Bertz CT molecular complexity index is 1210. The van der Waals surface area contributed by atoms with Gasteiger partial charge in [-0.05, 0) is 67.9 Å². The molecule has 2 heterocycles. The quantitative estimate of drug-likeness (QED) is 0.453. The number of aromatic nitrogens is 3. The average molecular weight is 500 g/mol. The zero-order valence-electron chi connectivity index (χ0n) is 19.8. The Hall–Kier alpha value is -2.85. The molecule has 3 aromatic rings. The maximum Gasteiger partial charge on any atom is 0.251 e. The molecule has 10 heteroatoms. The molecule has 0 radical (unpaired) electrons. The van der Waals surface area contributed by atoms with Crippen molar-refractivity contribution in [1.29, 1.82) is 0 Å². The SMILES string of the molecule is Cc1cc(C)cc(OCc2nnc(SCC(=O)Nc3sc4c(c3C(N)=O)CCC(C)C4)n2C)c1. The van der Waals surface area contributed by atoms with Gasteiger partial charge in [-0.25, -0.2) is 0 Å². The van der Waals surface area contributed by atoms with Crippen molar-refractivity contribution in [3.8, 4) is 5.75 Å². The van der Waals surface area contributed by atoms with E-state index in [1.54, 1.807) is 0 Å². The number of anilines is 1. The van der Waals surface area contributed by atoms with Gasteiger partial charge in [-0.2, -0.15) is 0 Å². The van der Waals surface area contributed by atoms with Crippen molar-refractivity contribution in [2.24, 2.45) is 18.7 Å². The van der Waals surface area contributed by atoms with Crippen LogP contribution < -0.4 is 15.8 Å². The molecule has 0 bridgehead atoms. The number of ether oxygens (including phenoxy) is 1. The van der Waals surface area contributed by atoms with Crippen LogP contribution in [0.25, 0.3) is 0 Å². The van der Waals surface area contributed by atoms with Gasteiger partial charge in [0.2, 0.25) is 5.91 Å². The lowest BCUT2D eigenvalue weighted by Crippen LogP contribution is -2.20. The van der Waals surface area contributed by atoms with Crippen LogP contribution in [0.4, 0.5) is 5.00 Å². The second-order valence-corrected chi connectivity index (χ2v) is 10.9. The molecule has 2 aromatic heterocycles. The summed E-state index contributed by atoms with van der Waals surface area (Å²) >= 11 is 2.75. The molecule has 2 amide bonds. The first kappa shape index (κ1) is 24.3. The summed E-state index contributed by atoms with van der Waals surface area (Å²) in [6.07, 6.45) is 2.76. The highest BCUT2D eigenvalue weighted by molar-refractivity contribution is 7.99. The Morgan fingerprint density at radius 3 is 2.71 bits per heavy atom. The number of benzene rings is 1. The summed E-state index contributed by atoms with van der Waals surface area (Å²) in [6, 6.07) is 6.05. The molecular weight excluding hydrogens is 470 g/mol. The van der Waals surface area contributed by atoms with Crippen molar-refractivity contribution in [2.45, 2.75) is 51.8 Å². The summed E-state index contributed by atoms with van der Waals surface area (Å²) in [5.74, 6) is 1.45. The van der Waals surface area contributed by atoms with Gasteiger partial charge < -0.3 is 20.4 Å². The third-order valence-corrected chi connectivity index (χ3v) is 8.02.